The third-order valence-corrected chi connectivity index (χ3v) is 5.08. The van der Waals surface area contributed by atoms with Gasteiger partial charge in [0.15, 0.2) is 0 Å². The van der Waals surface area contributed by atoms with E-state index in [4.69, 9.17) is 0 Å². The molecule has 3 aromatic rings. The summed E-state index contributed by atoms with van der Waals surface area (Å²) in [4.78, 5) is 23.3. The normalized spacial score (nSPS) is 12.1. The summed E-state index contributed by atoms with van der Waals surface area (Å²) in [6.45, 7) is 5.57. The van der Waals surface area contributed by atoms with Crippen molar-refractivity contribution in [3.05, 3.63) is 98.9 Å². The van der Waals surface area contributed by atoms with Crippen LogP contribution in [0.25, 0.3) is 11.8 Å². The largest absolute Gasteiger partial charge is 0.345 e. The van der Waals surface area contributed by atoms with Gasteiger partial charge in [-0.2, -0.15) is 5.26 Å². The lowest BCUT2D eigenvalue weighted by atomic mass is 10.1. The van der Waals surface area contributed by atoms with Gasteiger partial charge in [0.2, 0.25) is 0 Å². The number of nitro groups is 1. The van der Waals surface area contributed by atoms with Crippen molar-refractivity contribution in [1.29, 1.82) is 5.26 Å². The molecular weight excluding hydrogens is 392 g/mol. The van der Waals surface area contributed by atoms with Crippen LogP contribution in [0.15, 0.2) is 66.2 Å². The van der Waals surface area contributed by atoms with Gasteiger partial charge in [-0.1, -0.05) is 36.4 Å². The van der Waals surface area contributed by atoms with Crippen molar-refractivity contribution in [3.8, 4) is 11.8 Å². The molecule has 0 spiro atoms. The molecule has 0 aliphatic rings. The molecule has 3 rings (SSSR count). The maximum absolute atomic E-state index is 12.7. The lowest BCUT2D eigenvalue weighted by Crippen LogP contribution is -2.27. The Balaban J connectivity index is 1.91. The van der Waals surface area contributed by atoms with Crippen molar-refractivity contribution in [3.63, 3.8) is 0 Å². The molecule has 1 amide bonds. The molecule has 1 atom stereocenters. The molecule has 156 valence electrons. The number of amides is 1. The Kier molecular flexibility index (Phi) is 6.32. The van der Waals surface area contributed by atoms with Crippen molar-refractivity contribution >= 4 is 17.7 Å². The fraction of sp³-hybridized carbons (Fsp3) is 0.167. The Morgan fingerprint density at radius 2 is 1.87 bits per heavy atom. The number of hydrogen-bond acceptors (Lipinski definition) is 4. The molecule has 31 heavy (non-hydrogen) atoms. The van der Waals surface area contributed by atoms with E-state index in [1.165, 1.54) is 12.1 Å². The molecule has 0 aliphatic heterocycles. The topological polar surface area (TPSA) is 101 Å². The standard InChI is InChI=1S/C24H22N4O3/c1-16-12-20(18(3)27(16)22-10-7-11-23(14-22)28(30)31)13-21(15-25)24(29)26-17(2)19-8-5-4-6-9-19/h4-14,17H,1-3H3,(H,26,29)/b21-13-/t17-/m1/s1. The predicted octanol–water partition coefficient (Wildman–Crippen LogP) is 4.79. The molecule has 0 radical (unpaired) electrons. The number of non-ortho nitro benzene ring substituents is 1. The zero-order chi connectivity index (χ0) is 22.5. The van der Waals surface area contributed by atoms with E-state index in [1.54, 1.807) is 18.2 Å². The van der Waals surface area contributed by atoms with Crippen LogP contribution in [0.2, 0.25) is 0 Å². The molecule has 0 bridgehead atoms. The van der Waals surface area contributed by atoms with E-state index >= 15 is 0 Å². The third-order valence-electron chi connectivity index (χ3n) is 5.08. The van der Waals surface area contributed by atoms with Crippen molar-refractivity contribution in [2.24, 2.45) is 0 Å². The Bertz CT molecular complexity index is 1200. The number of nitro benzene ring substituents is 1. The van der Waals surface area contributed by atoms with Gasteiger partial charge in [0, 0.05) is 23.5 Å². The van der Waals surface area contributed by atoms with Gasteiger partial charge >= 0.3 is 0 Å². The van der Waals surface area contributed by atoms with Gasteiger partial charge in [-0.25, -0.2) is 0 Å². The number of benzene rings is 2. The number of aromatic nitrogens is 1. The first-order valence-corrected chi connectivity index (χ1v) is 9.73. The highest BCUT2D eigenvalue weighted by atomic mass is 16.6. The van der Waals surface area contributed by atoms with Crippen LogP contribution in [0.5, 0.6) is 0 Å². The fourth-order valence-electron chi connectivity index (χ4n) is 3.48. The summed E-state index contributed by atoms with van der Waals surface area (Å²) < 4.78 is 1.86. The maximum Gasteiger partial charge on any atom is 0.271 e. The van der Waals surface area contributed by atoms with E-state index in [9.17, 15) is 20.2 Å². The second-order valence-electron chi connectivity index (χ2n) is 7.21. The van der Waals surface area contributed by atoms with Crippen LogP contribution < -0.4 is 5.32 Å². The van der Waals surface area contributed by atoms with Gasteiger partial charge in [0.25, 0.3) is 11.6 Å². The molecule has 7 heteroatoms. The first-order valence-electron chi connectivity index (χ1n) is 9.73. The van der Waals surface area contributed by atoms with Crippen LogP contribution in [0.3, 0.4) is 0 Å². The number of hydrogen-bond donors (Lipinski definition) is 1. The maximum atomic E-state index is 12.7. The molecule has 0 saturated heterocycles. The van der Waals surface area contributed by atoms with E-state index in [0.717, 1.165) is 17.0 Å². The molecule has 0 saturated carbocycles. The molecule has 7 nitrogen and oxygen atoms in total. The minimum atomic E-state index is -0.459. The minimum Gasteiger partial charge on any atom is -0.345 e. The average molecular weight is 414 g/mol. The molecular formula is C24H22N4O3. The first-order chi connectivity index (χ1) is 14.8. The molecule has 1 N–H and O–H groups in total. The van der Waals surface area contributed by atoms with Crippen LogP contribution >= 0.6 is 0 Å². The molecule has 2 aromatic carbocycles. The smallest absolute Gasteiger partial charge is 0.271 e. The highest BCUT2D eigenvalue weighted by Crippen LogP contribution is 2.25. The van der Waals surface area contributed by atoms with Crippen LogP contribution in [0.1, 0.15) is 35.5 Å². The van der Waals surface area contributed by atoms with Crippen LogP contribution in [-0.4, -0.2) is 15.4 Å². The Hall–Kier alpha value is -4.18. The Morgan fingerprint density at radius 3 is 2.52 bits per heavy atom. The van der Waals surface area contributed by atoms with Gasteiger partial charge in [-0.15, -0.1) is 0 Å². The van der Waals surface area contributed by atoms with Crippen molar-refractivity contribution in [2.45, 2.75) is 26.8 Å². The molecule has 0 fully saturated rings. The zero-order valence-electron chi connectivity index (χ0n) is 17.5. The monoisotopic (exact) mass is 414 g/mol. The zero-order valence-corrected chi connectivity index (χ0v) is 17.5. The minimum absolute atomic E-state index is 0.00548. The van der Waals surface area contributed by atoms with Gasteiger partial charge in [0.1, 0.15) is 11.6 Å². The predicted molar refractivity (Wildman–Crippen MR) is 118 cm³/mol. The van der Waals surface area contributed by atoms with Crippen LogP contribution in [0, 0.1) is 35.3 Å². The first kappa shape index (κ1) is 21.5. The molecule has 1 heterocycles. The van der Waals surface area contributed by atoms with E-state index < -0.39 is 10.8 Å². The van der Waals surface area contributed by atoms with Crippen molar-refractivity contribution in [2.75, 3.05) is 0 Å². The number of aryl methyl sites for hydroxylation is 1. The summed E-state index contributed by atoms with van der Waals surface area (Å²) in [7, 11) is 0. The Labute approximate surface area is 180 Å². The van der Waals surface area contributed by atoms with E-state index in [-0.39, 0.29) is 17.3 Å². The van der Waals surface area contributed by atoms with Gasteiger partial charge in [-0.05, 0) is 50.1 Å². The summed E-state index contributed by atoms with van der Waals surface area (Å²) in [6, 6.07) is 19.4. The lowest BCUT2D eigenvalue weighted by Gasteiger charge is -2.13. The second-order valence-corrected chi connectivity index (χ2v) is 7.21. The van der Waals surface area contributed by atoms with Gasteiger partial charge in [0.05, 0.1) is 16.7 Å². The highest BCUT2D eigenvalue weighted by molar-refractivity contribution is 6.02. The summed E-state index contributed by atoms with van der Waals surface area (Å²) in [6.07, 6.45) is 1.54. The number of nitriles is 1. The van der Waals surface area contributed by atoms with Gasteiger partial charge in [-0.3, -0.25) is 14.9 Å². The number of nitrogens with one attached hydrogen (secondary N) is 1. The summed E-state index contributed by atoms with van der Waals surface area (Å²) in [5, 5.41) is 23.5. The SMILES string of the molecule is Cc1cc(/C=C(/C#N)C(=O)N[C@H](C)c2ccccc2)c(C)n1-c1cccc([N+](=O)[O-])c1. The molecule has 1 aromatic heterocycles. The molecule has 0 aliphatic carbocycles. The number of rotatable bonds is 6. The van der Waals surface area contributed by atoms with Crippen molar-refractivity contribution < 1.29 is 9.72 Å². The highest BCUT2D eigenvalue weighted by Gasteiger charge is 2.17. The van der Waals surface area contributed by atoms with Crippen LogP contribution in [0.4, 0.5) is 5.69 Å². The lowest BCUT2D eigenvalue weighted by molar-refractivity contribution is -0.384. The van der Waals surface area contributed by atoms with Gasteiger partial charge < -0.3 is 9.88 Å². The fourth-order valence-corrected chi connectivity index (χ4v) is 3.48. The van der Waals surface area contributed by atoms with E-state index in [2.05, 4.69) is 5.32 Å². The summed E-state index contributed by atoms with van der Waals surface area (Å²) in [5.41, 5.74) is 3.87. The van der Waals surface area contributed by atoms with Crippen LogP contribution in [-0.2, 0) is 4.79 Å². The van der Waals surface area contributed by atoms with Crippen molar-refractivity contribution in [1.82, 2.24) is 9.88 Å². The number of carbonyl (C=O) groups excluding carboxylic acids is 1. The van der Waals surface area contributed by atoms with E-state index in [0.29, 0.717) is 11.3 Å². The molecule has 0 unspecified atom stereocenters. The number of nitrogens with zero attached hydrogens (tertiary/aromatic N) is 3. The Morgan fingerprint density at radius 1 is 1.16 bits per heavy atom. The summed E-state index contributed by atoms with van der Waals surface area (Å²) >= 11 is 0. The summed E-state index contributed by atoms with van der Waals surface area (Å²) in [5.74, 6) is -0.459. The second kappa shape index (κ2) is 9.09. The van der Waals surface area contributed by atoms with E-state index in [1.807, 2.05) is 67.8 Å². The quantitative estimate of drug-likeness (QED) is 0.271. The number of carbonyl (C=O) groups is 1. The average Bonchev–Trinajstić information content (AvgIpc) is 3.05. The third kappa shape index (κ3) is 4.70.